The molecule has 6 nitrogen and oxygen atoms in total. The molecule has 1 N–H and O–H groups in total. The van der Waals surface area contributed by atoms with Crippen molar-refractivity contribution in [1.82, 2.24) is 29.8 Å². The van der Waals surface area contributed by atoms with E-state index in [0.29, 0.717) is 6.42 Å². The van der Waals surface area contributed by atoms with Gasteiger partial charge in [0.15, 0.2) is 5.82 Å². The van der Waals surface area contributed by atoms with Crippen molar-refractivity contribution in [2.24, 2.45) is 0 Å². The number of H-pyrrole nitrogens is 1. The van der Waals surface area contributed by atoms with Gasteiger partial charge in [0, 0.05) is 17.6 Å². The van der Waals surface area contributed by atoms with E-state index in [-0.39, 0.29) is 0 Å². The Labute approximate surface area is 169 Å². The van der Waals surface area contributed by atoms with Gasteiger partial charge in [-0.15, -0.1) is 21.5 Å². The lowest BCUT2D eigenvalue weighted by atomic mass is 10.1. The summed E-state index contributed by atoms with van der Waals surface area (Å²) in [6.45, 7) is 2.01. The Morgan fingerprint density at radius 2 is 2.00 bits per heavy atom. The Kier molecular flexibility index (Phi) is 4.18. The van der Waals surface area contributed by atoms with Gasteiger partial charge in [0.25, 0.3) is 0 Å². The van der Waals surface area contributed by atoms with Crippen LogP contribution in [0.5, 0.6) is 0 Å². The summed E-state index contributed by atoms with van der Waals surface area (Å²) < 4.78 is 1.89. The molecule has 0 aliphatic heterocycles. The van der Waals surface area contributed by atoms with Crippen LogP contribution in [0.15, 0.2) is 55.0 Å². The minimum Gasteiger partial charge on any atom is -0.327 e. The number of aromatic nitrogens is 6. The minimum atomic E-state index is 0.683. The van der Waals surface area contributed by atoms with Crippen LogP contribution in [-0.2, 0) is 6.42 Å². The summed E-state index contributed by atoms with van der Waals surface area (Å²) in [6, 6.07) is 13.9. The zero-order valence-corrected chi connectivity index (χ0v) is 16.5. The van der Waals surface area contributed by atoms with E-state index >= 15 is 0 Å². The lowest BCUT2D eigenvalue weighted by molar-refractivity contribution is 0.934. The van der Waals surface area contributed by atoms with Crippen LogP contribution in [0.25, 0.3) is 26.8 Å². The highest BCUT2D eigenvalue weighted by Gasteiger charge is 2.21. The third kappa shape index (κ3) is 2.98. The zero-order chi connectivity index (χ0) is 19.1. The molecule has 0 atom stereocenters. The van der Waals surface area contributed by atoms with Crippen molar-refractivity contribution in [3.8, 4) is 21.3 Å². The van der Waals surface area contributed by atoms with Gasteiger partial charge >= 0.3 is 0 Å². The minimum absolute atomic E-state index is 0.683. The van der Waals surface area contributed by atoms with Gasteiger partial charge in [-0.3, -0.25) is 0 Å². The monoisotopic (exact) mass is 406 g/mol. The molecule has 0 radical (unpaired) electrons. The number of benzene rings is 1. The number of fused-ring (bicyclic) bond motifs is 1. The third-order valence-electron chi connectivity index (χ3n) is 4.54. The Morgan fingerprint density at radius 3 is 2.79 bits per heavy atom. The predicted molar refractivity (Wildman–Crippen MR) is 111 cm³/mol. The molecule has 5 rings (SSSR count). The first-order valence-electron chi connectivity index (χ1n) is 8.74. The van der Waals surface area contributed by atoms with Crippen molar-refractivity contribution in [3.05, 3.63) is 77.0 Å². The largest absolute Gasteiger partial charge is 0.327 e. The molecule has 0 bridgehead atoms. The molecule has 138 valence electrons. The molecule has 4 aromatic heterocycles. The van der Waals surface area contributed by atoms with Gasteiger partial charge in [0.05, 0.1) is 27.3 Å². The molecule has 0 unspecified atom stereocenters. The second kappa shape index (κ2) is 6.85. The number of pyridine rings is 1. The van der Waals surface area contributed by atoms with Crippen molar-refractivity contribution in [2.75, 3.05) is 0 Å². The van der Waals surface area contributed by atoms with E-state index in [1.54, 1.807) is 17.7 Å². The molecule has 0 saturated heterocycles. The van der Waals surface area contributed by atoms with Gasteiger partial charge in [-0.1, -0.05) is 29.8 Å². The fraction of sp³-hybridized carbons (Fsp3) is 0.100. The van der Waals surface area contributed by atoms with E-state index in [2.05, 4.69) is 26.3 Å². The number of thiazole rings is 1. The number of nitrogens with one attached hydrogen (secondary N) is 1. The normalized spacial score (nSPS) is 11.4. The first kappa shape index (κ1) is 17.1. The van der Waals surface area contributed by atoms with Crippen molar-refractivity contribution < 1.29 is 0 Å². The molecule has 5 aromatic rings. The first-order chi connectivity index (χ1) is 13.7. The quantitative estimate of drug-likeness (QED) is 0.465. The zero-order valence-electron chi connectivity index (χ0n) is 14.9. The highest BCUT2D eigenvalue weighted by Crippen LogP contribution is 2.38. The molecule has 0 saturated carbocycles. The van der Waals surface area contributed by atoms with Crippen LogP contribution in [-0.4, -0.2) is 29.8 Å². The van der Waals surface area contributed by atoms with Crippen LogP contribution in [0, 0.1) is 6.92 Å². The average Bonchev–Trinajstić information content (AvgIpc) is 3.41. The van der Waals surface area contributed by atoms with Crippen LogP contribution in [0.4, 0.5) is 0 Å². The van der Waals surface area contributed by atoms with Crippen molar-refractivity contribution in [3.63, 3.8) is 0 Å². The van der Waals surface area contributed by atoms with Crippen LogP contribution in [0.1, 0.15) is 17.0 Å². The SMILES string of the molecule is Cc1nn2ccccc2c1-c1nc(Cc2ccc(Cl)cc2)c(-c2nnc[nH]2)s1. The summed E-state index contributed by atoms with van der Waals surface area (Å²) in [5.74, 6) is 0.724. The molecular weight excluding hydrogens is 392 g/mol. The van der Waals surface area contributed by atoms with Crippen LogP contribution >= 0.6 is 22.9 Å². The summed E-state index contributed by atoms with van der Waals surface area (Å²) in [6.07, 6.45) is 4.22. The highest BCUT2D eigenvalue weighted by molar-refractivity contribution is 7.18. The number of aromatic amines is 1. The Hall–Kier alpha value is -3.03. The number of halogens is 1. The van der Waals surface area contributed by atoms with E-state index in [0.717, 1.165) is 48.8 Å². The van der Waals surface area contributed by atoms with E-state index in [1.165, 1.54) is 0 Å². The van der Waals surface area contributed by atoms with Gasteiger partial charge in [-0.2, -0.15) is 5.10 Å². The van der Waals surface area contributed by atoms with Crippen LogP contribution in [0.2, 0.25) is 5.02 Å². The van der Waals surface area contributed by atoms with Crippen LogP contribution in [0.3, 0.4) is 0 Å². The molecule has 0 spiro atoms. The fourth-order valence-corrected chi connectivity index (χ4v) is 4.52. The molecular formula is C20H15ClN6S. The molecule has 0 aliphatic carbocycles. The molecule has 0 aliphatic rings. The number of hydrogen-bond donors (Lipinski definition) is 1. The predicted octanol–water partition coefficient (Wildman–Crippen LogP) is 4.80. The number of aryl methyl sites for hydroxylation is 1. The second-order valence-electron chi connectivity index (χ2n) is 6.43. The van der Waals surface area contributed by atoms with E-state index < -0.39 is 0 Å². The number of hydrogen-bond acceptors (Lipinski definition) is 5. The second-order valence-corrected chi connectivity index (χ2v) is 7.86. The van der Waals surface area contributed by atoms with Gasteiger partial charge < -0.3 is 4.98 Å². The average molecular weight is 407 g/mol. The Bertz CT molecular complexity index is 1250. The maximum Gasteiger partial charge on any atom is 0.173 e. The number of rotatable bonds is 4. The van der Waals surface area contributed by atoms with Gasteiger partial charge in [-0.25, -0.2) is 9.50 Å². The Balaban J connectivity index is 1.65. The fourth-order valence-electron chi connectivity index (χ4n) is 3.26. The lowest BCUT2D eigenvalue weighted by Gasteiger charge is -2.01. The maximum atomic E-state index is 6.03. The highest BCUT2D eigenvalue weighted by atomic mass is 35.5. The van der Waals surface area contributed by atoms with Crippen molar-refractivity contribution in [2.45, 2.75) is 13.3 Å². The summed E-state index contributed by atoms with van der Waals surface area (Å²) >= 11 is 7.63. The van der Waals surface area contributed by atoms with Crippen molar-refractivity contribution in [1.29, 1.82) is 0 Å². The van der Waals surface area contributed by atoms with Gasteiger partial charge in [0.2, 0.25) is 0 Å². The molecule has 4 heterocycles. The Morgan fingerprint density at radius 1 is 1.14 bits per heavy atom. The van der Waals surface area contributed by atoms with Crippen LogP contribution < -0.4 is 0 Å². The van der Waals surface area contributed by atoms with E-state index in [9.17, 15) is 0 Å². The maximum absolute atomic E-state index is 6.03. The molecule has 28 heavy (non-hydrogen) atoms. The van der Waals surface area contributed by atoms with Gasteiger partial charge in [-0.05, 0) is 36.8 Å². The standard InChI is InChI=1S/C20H15ClN6S/c1-12-17(16-4-2-3-9-27(16)26-12)20-24-15(10-13-5-7-14(21)8-6-13)18(28-20)19-22-11-23-25-19/h2-9,11H,10H2,1H3,(H,22,23,25). The van der Waals surface area contributed by atoms with E-state index in [4.69, 9.17) is 16.6 Å². The molecule has 0 fully saturated rings. The van der Waals surface area contributed by atoms with Crippen molar-refractivity contribution >= 4 is 28.5 Å². The van der Waals surface area contributed by atoms with E-state index in [1.807, 2.05) is 54.0 Å². The molecule has 8 heteroatoms. The smallest absolute Gasteiger partial charge is 0.173 e. The molecule has 0 amide bonds. The first-order valence-corrected chi connectivity index (χ1v) is 9.93. The lowest BCUT2D eigenvalue weighted by Crippen LogP contribution is -1.92. The molecule has 1 aromatic carbocycles. The van der Waals surface area contributed by atoms with Gasteiger partial charge in [0.1, 0.15) is 11.3 Å². The topological polar surface area (TPSA) is 71.8 Å². The summed E-state index contributed by atoms with van der Waals surface area (Å²) in [5, 5.41) is 14.4. The third-order valence-corrected chi connectivity index (χ3v) is 5.92. The summed E-state index contributed by atoms with van der Waals surface area (Å²) in [5.41, 5.74) is 5.12. The number of nitrogens with zero attached hydrogens (tertiary/aromatic N) is 5. The summed E-state index contributed by atoms with van der Waals surface area (Å²) in [7, 11) is 0. The summed E-state index contributed by atoms with van der Waals surface area (Å²) in [4.78, 5) is 9.07.